The molecular weight excluding hydrogens is 295 g/mol. The van der Waals surface area contributed by atoms with Gasteiger partial charge in [0.05, 0.1) is 5.75 Å². The number of pyridine rings is 1. The van der Waals surface area contributed by atoms with Crippen LogP contribution >= 0.6 is 11.8 Å². The van der Waals surface area contributed by atoms with E-state index >= 15 is 0 Å². The Morgan fingerprint density at radius 3 is 2.81 bits per heavy atom. The van der Waals surface area contributed by atoms with E-state index in [1.165, 1.54) is 42.2 Å². The molecule has 0 saturated carbocycles. The third-order valence-electron chi connectivity index (χ3n) is 2.43. The lowest BCUT2D eigenvalue weighted by molar-refractivity contribution is -0.113. The van der Waals surface area contributed by atoms with Crippen molar-refractivity contribution in [1.29, 1.82) is 0 Å². The van der Waals surface area contributed by atoms with Crippen LogP contribution in [0.3, 0.4) is 0 Å². The minimum atomic E-state index is -1.12. The molecule has 2 N–H and O–H groups in total. The number of nitrogens with zero attached hydrogens (tertiary/aromatic N) is 1. The summed E-state index contributed by atoms with van der Waals surface area (Å²) in [6.07, 6.45) is 1.37. The third kappa shape index (κ3) is 4.57. The molecule has 108 valence electrons. The van der Waals surface area contributed by atoms with Crippen LogP contribution in [0.25, 0.3) is 0 Å². The maximum Gasteiger partial charge on any atom is 0.354 e. The summed E-state index contributed by atoms with van der Waals surface area (Å²) in [7, 11) is 0. The highest BCUT2D eigenvalue weighted by molar-refractivity contribution is 8.00. The molecule has 0 bridgehead atoms. The Morgan fingerprint density at radius 2 is 2.10 bits per heavy atom. The highest BCUT2D eigenvalue weighted by atomic mass is 32.2. The fourth-order valence-corrected chi connectivity index (χ4v) is 2.25. The van der Waals surface area contributed by atoms with Crippen LogP contribution in [0.1, 0.15) is 10.5 Å². The monoisotopic (exact) mass is 306 g/mol. The fraction of sp³-hybridized carbons (Fsp3) is 0.0714. The van der Waals surface area contributed by atoms with Gasteiger partial charge in [-0.1, -0.05) is 6.07 Å². The number of amides is 1. The van der Waals surface area contributed by atoms with Gasteiger partial charge in [-0.2, -0.15) is 0 Å². The average Bonchev–Trinajstić information content (AvgIpc) is 2.45. The van der Waals surface area contributed by atoms with Crippen LogP contribution in [0, 0.1) is 5.82 Å². The maximum absolute atomic E-state index is 13.0. The number of aromatic carboxylic acids is 1. The van der Waals surface area contributed by atoms with Crippen molar-refractivity contribution in [2.75, 3.05) is 11.1 Å². The van der Waals surface area contributed by atoms with Crippen molar-refractivity contribution in [1.82, 2.24) is 4.98 Å². The second-order valence-corrected chi connectivity index (χ2v) is 5.08. The number of thioether (sulfide) groups is 1. The zero-order chi connectivity index (χ0) is 15.2. The number of hydrogen-bond acceptors (Lipinski definition) is 4. The molecule has 5 nitrogen and oxygen atoms in total. The van der Waals surface area contributed by atoms with Crippen LogP contribution in [-0.4, -0.2) is 27.7 Å². The van der Waals surface area contributed by atoms with Gasteiger partial charge in [0, 0.05) is 16.8 Å². The lowest BCUT2D eigenvalue weighted by atomic mass is 10.3. The molecule has 2 rings (SSSR count). The van der Waals surface area contributed by atoms with E-state index in [1.807, 2.05) is 0 Å². The quantitative estimate of drug-likeness (QED) is 0.830. The number of aromatic nitrogens is 1. The molecule has 0 spiro atoms. The van der Waals surface area contributed by atoms with Crippen LogP contribution in [-0.2, 0) is 4.79 Å². The molecule has 0 atom stereocenters. The molecule has 21 heavy (non-hydrogen) atoms. The van der Waals surface area contributed by atoms with E-state index in [4.69, 9.17) is 5.11 Å². The molecule has 1 amide bonds. The smallest absolute Gasteiger partial charge is 0.354 e. The van der Waals surface area contributed by atoms with E-state index in [9.17, 15) is 14.0 Å². The number of carboxylic acid groups (broad SMARTS) is 1. The van der Waals surface area contributed by atoms with Gasteiger partial charge in [0.2, 0.25) is 5.91 Å². The van der Waals surface area contributed by atoms with E-state index in [-0.39, 0.29) is 17.4 Å². The SMILES string of the molecule is O=C(CSc1ccnc(C(=O)O)c1)Nc1cccc(F)c1. The van der Waals surface area contributed by atoms with Gasteiger partial charge in [-0.3, -0.25) is 4.79 Å². The fourth-order valence-electron chi connectivity index (χ4n) is 1.53. The number of carbonyl (C=O) groups is 2. The van der Waals surface area contributed by atoms with E-state index in [2.05, 4.69) is 10.3 Å². The molecule has 1 heterocycles. The zero-order valence-electron chi connectivity index (χ0n) is 10.7. The first-order valence-electron chi connectivity index (χ1n) is 5.92. The molecule has 0 aliphatic rings. The Labute approximate surface area is 124 Å². The standard InChI is InChI=1S/C14H11FN2O3S/c15-9-2-1-3-10(6-9)17-13(18)8-21-11-4-5-16-12(7-11)14(19)20/h1-7H,8H2,(H,17,18)(H,19,20). The van der Waals surface area contributed by atoms with E-state index < -0.39 is 11.8 Å². The van der Waals surface area contributed by atoms with Crippen LogP contribution in [0.5, 0.6) is 0 Å². The first kappa shape index (κ1) is 15.0. The van der Waals surface area contributed by atoms with E-state index in [0.29, 0.717) is 10.6 Å². The van der Waals surface area contributed by atoms with Crippen molar-refractivity contribution in [3.63, 3.8) is 0 Å². The lowest BCUT2D eigenvalue weighted by Crippen LogP contribution is -2.14. The Balaban J connectivity index is 1.92. The summed E-state index contributed by atoms with van der Waals surface area (Å²) in [6, 6.07) is 8.60. The van der Waals surface area contributed by atoms with Crippen LogP contribution < -0.4 is 5.32 Å². The number of carboxylic acids is 1. The van der Waals surface area contributed by atoms with Crippen molar-refractivity contribution in [3.8, 4) is 0 Å². The summed E-state index contributed by atoms with van der Waals surface area (Å²) in [5, 5.41) is 11.4. The van der Waals surface area contributed by atoms with Gasteiger partial charge in [-0.05, 0) is 30.3 Å². The van der Waals surface area contributed by atoms with Crippen molar-refractivity contribution in [3.05, 3.63) is 54.1 Å². The average molecular weight is 306 g/mol. The molecule has 1 aromatic carbocycles. The Hall–Kier alpha value is -2.41. The van der Waals surface area contributed by atoms with Gasteiger partial charge in [-0.25, -0.2) is 14.2 Å². The van der Waals surface area contributed by atoms with Gasteiger partial charge >= 0.3 is 5.97 Å². The molecule has 0 fully saturated rings. The topological polar surface area (TPSA) is 79.3 Å². The normalized spacial score (nSPS) is 10.1. The molecule has 0 saturated heterocycles. The van der Waals surface area contributed by atoms with Crippen LogP contribution in [0.15, 0.2) is 47.5 Å². The summed E-state index contributed by atoms with van der Waals surface area (Å²) in [4.78, 5) is 26.8. The number of anilines is 1. The summed E-state index contributed by atoms with van der Waals surface area (Å²) in [5.41, 5.74) is 0.298. The Kier molecular flexibility index (Phi) is 4.89. The molecule has 0 aliphatic heterocycles. The number of nitrogens with one attached hydrogen (secondary N) is 1. The summed E-state index contributed by atoms with van der Waals surface area (Å²) < 4.78 is 13.0. The molecule has 0 radical (unpaired) electrons. The number of rotatable bonds is 5. The molecule has 7 heteroatoms. The Morgan fingerprint density at radius 1 is 1.29 bits per heavy atom. The zero-order valence-corrected chi connectivity index (χ0v) is 11.6. The molecule has 1 aromatic heterocycles. The van der Waals surface area contributed by atoms with Crippen molar-refractivity contribution in [2.45, 2.75) is 4.90 Å². The van der Waals surface area contributed by atoms with Gasteiger partial charge in [0.1, 0.15) is 11.5 Å². The van der Waals surface area contributed by atoms with Crippen molar-refractivity contribution in [2.24, 2.45) is 0 Å². The Bertz CT molecular complexity index is 679. The van der Waals surface area contributed by atoms with Gasteiger partial charge in [0.25, 0.3) is 0 Å². The first-order valence-corrected chi connectivity index (χ1v) is 6.91. The number of halogens is 1. The summed E-state index contributed by atoms with van der Waals surface area (Å²) in [6.45, 7) is 0. The number of hydrogen-bond donors (Lipinski definition) is 2. The highest BCUT2D eigenvalue weighted by Gasteiger charge is 2.08. The van der Waals surface area contributed by atoms with Crippen LogP contribution in [0.2, 0.25) is 0 Å². The molecule has 2 aromatic rings. The molecule has 0 aliphatic carbocycles. The summed E-state index contributed by atoms with van der Waals surface area (Å²) in [5.74, 6) is -1.78. The van der Waals surface area contributed by atoms with Gasteiger partial charge < -0.3 is 10.4 Å². The first-order chi connectivity index (χ1) is 10.0. The minimum absolute atomic E-state index is 0.0782. The maximum atomic E-state index is 13.0. The van der Waals surface area contributed by atoms with Crippen molar-refractivity contribution < 1.29 is 19.1 Å². The third-order valence-corrected chi connectivity index (χ3v) is 3.42. The second kappa shape index (κ2) is 6.85. The number of benzene rings is 1. The highest BCUT2D eigenvalue weighted by Crippen LogP contribution is 2.18. The summed E-state index contributed by atoms with van der Waals surface area (Å²) >= 11 is 1.17. The van der Waals surface area contributed by atoms with E-state index in [1.54, 1.807) is 12.1 Å². The lowest BCUT2D eigenvalue weighted by Gasteiger charge is -2.05. The largest absolute Gasteiger partial charge is 0.477 e. The van der Waals surface area contributed by atoms with Crippen LogP contribution in [0.4, 0.5) is 10.1 Å². The van der Waals surface area contributed by atoms with Gasteiger partial charge in [-0.15, -0.1) is 11.8 Å². The molecule has 0 unspecified atom stereocenters. The van der Waals surface area contributed by atoms with E-state index in [0.717, 1.165) is 0 Å². The van der Waals surface area contributed by atoms with Crippen molar-refractivity contribution >= 4 is 29.3 Å². The predicted molar refractivity (Wildman–Crippen MR) is 77.0 cm³/mol. The predicted octanol–water partition coefficient (Wildman–Crippen LogP) is 2.65. The molecular formula is C14H11FN2O3S. The number of carbonyl (C=O) groups excluding carboxylic acids is 1. The second-order valence-electron chi connectivity index (χ2n) is 4.03. The minimum Gasteiger partial charge on any atom is -0.477 e. The van der Waals surface area contributed by atoms with Gasteiger partial charge in [0.15, 0.2) is 0 Å².